The standard InChI is InChI=1S/C10H8Cl2N2S/c11-9-3-2-8(10(6-9)15-12)7-14-5-1-4-13-14/h1-6H,7H2. The first-order valence-corrected chi connectivity index (χ1v) is 6.36. The highest BCUT2D eigenvalue weighted by molar-refractivity contribution is 8.21. The number of hydrogen-bond donors (Lipinski definition) is 0. The minimum Gasteiger partial charge on any atom is -0.268 e. The molecule has 0 saturated carbocycles. The van der Waals surface area contributed by atoms with Gasteiger partial charge in [0.25, 0.3) is 0 Å². The molecule has 78 valence electrons. The highest BCUT2D eigenvalue weighted by Gasteiger charge is 2.04. The minimum absolute atomic E-state index is 0.697. The van der Waals surface area contributed by atoms with E-state index in [0.717, 1.165) is 10.5 Å². The summed E-state index contributed by atoms with van der Waals surface area (Å²) >= 11 is 5.88. The van der Waals surface area contributed by atoms with Gasteiger partial charge in [0.15, 0.2) is 0 Å². The van der Waals surface area contributed by atoms with Crippen LogP contribution >= 0.6 is 33.3 Å². The molecule has 1 heterocycles. The van der Waals surface area contributed by atoms with Crippen molar-refractivity contribution < 1.29 is 0 Å². The summed E-state index contributed by atoms with van der Waals surface area (Å²) in [5.41, 5.74) is 1.11. The molecule has 2 aromatic rings. The summed E-state index contributed by atoms with van der Waals surface area (Å²) in [7, 11) is 6.95. The summed E-state index contributed by atoms with van der Waals surface area (Å²) in [6.45, 7) is 0.708. The summed E-state index contributed by atoms with van der Waals surface area (Å²) in [4.78, 5) is 0.972. The van der Waals surface area contributed by atoms with Gasteiger partial charge in [0.05, 0.1) is 6.54 Å². The van der Waals surface area contributed by atoms with Gasteiger partial charge in [-0.2, -0.15) is 5.10 Å². The summed E-state index contributed by atoms with van der Waals surface area (Å²) in [5, 5.41) is 4.84. The number of hydrogen-bond acceptors (Lipinski definition) is 2. The average molecular weight is 259 g/mol. The molecular weight excluding hydrogens is 251 g/mol. The zero-order chi connectivity index (χ0) is 10.7. The van der Waals surface area contributed by atoms with Crippen molar-refractivity contribution in [1.82, 2.24) is 9.78 Å². The Hall–Kier alpha value is -0.640. The van der Waals surface area contributed by atoms with Crippen LogP contribution in [-0.4, -0.2) is 9.78 Å². The smallest absolute Gasteiger partial charge is 0.0670 e. The summed E-state index contributed by atoms with van der Waals surface area (Å²) in [5.74, 6) is 0. The second-order valence-electron chi connectivity index (χ2n) is 3.03. The number of benzene rings is 1. The van der Waals surface area contributed by atoms with Gasteiger partial charge in [-0.25, -0.2) is 0 Å². The topological polar surface area (TPSA) is 17.8 Å². The Morgan fingerprint density at radius 2 is 2.27 bits per heavy atom. The van der Waals surface area contributed by atoms with Crippen molar-refractivity contribution >= 4 is 33.3 Å². The molecule has 0 amide bonds. The van der Waals surface area contributed by atoms with E-state index in [1.165, 1.54) is 11.0 Å². The predicted octanol–water partition coefficient (Wildman–Crippen LogP) is 3.83. The maximum absolute atomic E-state index is 5.88. The van der Waals surface area contributed by atoms with Crippen molar-refractivity contribution in [3.05, 3.63) is 47.2 Å². The van der Waals surface area contributed by atoms with Crippen LogP contribution in [0.4, 0.5) is 0 Å². The molecule has 0 unspecified atom stereocenters. The molecule has 0 spiro atoms. The molecule has 1 aromatic carbocycles. The van der Waals surface area contributed by atoms with Crippen LogP contribution in [0.15, 0.2) is 41.6 Å². The fraction of sp³-hybridized carbons (Fsp3) is 0.100. The van der Waals surface area contributed by atoms with Crippen molar-refractivity contribution in [1.29, 1.82) is 0 Å². The highest BCUT2D eigenvalue weighted by atomic mass is 35.7. The van der Waals surface area contributed by atoms with E-state index in [1.54, 1.807) is 6.20 Å². The van der Waals surface area contributed by atoms with Gasteiger partial charge in [0, 0.05) is 22.3 Å². The molecule has 2 rings (SSSR count). The molecule has 5 heteroatoms. The molecule has 15 heavy (non-hydrogen) atoms. The molecule has 2 nitrogen and oxygen atoms in total. The Morgan fingerprint density at radius 1 is 1.40 bits per heavy atom. The van der Waals surface area contributed by atoms with Crippen LogP contribution in [-0.2, 0) is 6.54 Å². The number of nitrogens with zero attached hydrogens (tertiary/aromatic N) is 2. The lowest BCUT2D eigenvalue weighted by Gasteiger charge is -2.06. The van der Waals surface area contributed by atoms with Crippen molar-refractivity contribution in [2.45, 2.75) is 11.4 Å². The van der Waals surface area contributed by atoms with Gasteiger partial charge < -0.3 is 0 Å². The molecule has 0 radical (unpaired) electrons. The molecule has 0 bridgehead atoms. The van der Waals surface area contributed by atoms with Crippen LogP contribution in [0.2, 0.25) is 5.02 Å². The van der Waals surface area contributed by atoms with E-state index in [1.807, 2.05) is 35.1 Å². The van der Waals surface area contributed by atoms with E-state index >= 15 is 0 Å². The summed E-state index contributed by atoms with van der Waals surface area (Å²) in [6, 6.07) is 7.58. The second-order valence-corrected chi connectivity index (χ2v) is 4.53. The lowest BCUT2D eigenvalue weighted by molar-refractivity contribution is 0.679. The zero-order valence-corrected chi connectivity index (χ0v) is 10.1. The van der Waals surface area contributed by atoms with Crippen LogP contribution < -0.4 is 0 Å². The fourth-order valence-corrected chi connectivity index (χ4v) is 2.37. The van der Waals surface area contributed by atoms with Crippen molar-refractivity contribution in [2.75, 3.05) is 0 Å². The van der Waals surface area contributed by atoms with E-state index in [2.05, 4.69) is 5.10 Å². The van der Waals surface area contributed by atoms with Gasteiger partial charge in [-0.15, -0.1) is 0 Å². The minimum atomic E-state index is 0.697. The first-order valence-electron chi connectivity index (χ1n) is 4.34. The van der Waals surface area contributed by atoms with Crippen LogP contribution in [0.3, 0.4) is 0 Å². The SMILES string of the molecule is ClSc1cc(Cl)ccc1Cn1cccn1. The zero-order valence-electron chi connectivity index (χ0n) is 7.73. The Balaban J connectivity index is 2.28. The van der Waals surface area contributed by atoms with E-state index < -0.39 is 0 Å². The van der Waals surface area contributed by atoms with Crippen molar-refractivity contribution in [2.24, 2.45) is 0 Å². The molecule has 0 aliphatic rings. The van der Waals surface area contributed by atoms with E-state index in [-0.39, 0.29) is 0 Å². The number of rotatable bonds is 3. The Labute approximate surface area is 102 Å². The summed E-state index contributed by atoms with van der Waals surface area (Å²) in [6.07, 6.45) is 3.67. The Morgan fingerprint density at radius 3 is 2.93 bits per heavy atom. The third kappa shape index (κ3) is 2.68. The quantitative estimate of drug-likeness (QED) is 0.833. The van der Waals surface area contributed by atoms with E-state index in [9.17, 15) is 0 Å². The molecule has 0 fully saturated rings. The third-order valence-corrected chi connectivity index (χ3v) is 3.28. The number of aromatic nitrogens is 2. The van der Waals surface area contributed by atoms with Crippen LogP contribution in [0.1, 0.15) is 5.56 Å². The first kappa shape index (κ1) is 10.9. The van der Waals surface area contributed by atoms with Crippen LogP contribution in [0, 0.1) is 0 Å². The van der Waals surface area contributed by atoms with Gasteiger partial charge in [-0.1, -0.05) is 17.7 Å². The molecular formula is C10H8Cl2N2S. The van der Waals surface area contributed by atoms with Crippen LogP contribution in [0.5, 0.6) is 0 Å². The van der Waals surface area contributed by atoms with Crippen LogP contribution in [0.25, 0.3) is 0 Å². The molecule has 0 saturated heterocycles. The number of halogens is 2. The third-order valence-electron chi connectivity index (χ3n) is 2.00. The van der Waals surface area contributed by atoms with Gasteiger partial charge in [0.1, 0.15) is 0 Å². The second kappa shape index (κ2) is 4.92. The molecule has 0 aliphatic carbocycles. The lowest BCUT2D eigenvalue weighted by Crippen LogP contribution is -2.00. The van der Waals surface area contributed by atoms with E-state index in [0.29, 0.717) is 11.6 Å². The van der Waals surface area contributed by atoms with Gasteiger partial charge >= 0.3 is 0 Å². The van der Waals surface area contributed by atoms with Gasteiger partial charge in [0.2, 0.25) is 0 Å². The lowest BCUT2D eigenvalue weighted by atomic mass is 10.2. The van der Waals surface area contributed by atoms with Gasteiger partial charge in [-0.05, 0) is 45.4 Å². The maximum Gasteiger partial charge on any atom is 0.0670 e. The normalized spacial score (nSPS) is 10.5. The first-order chi connectivity index (χ1) is 7.29. The van der Waals surface area contributed by atoms with Gasteiger partial charge in [-0.3, -0.25) is 4.68 Å². The van der Waals surface area contributed by atoms with Crippen molar-refractivity contribution in [3.8, 4) is 0 Å². The molecule has 0 atom stereocenters. The Kier molecular flexibility index (Phi) is 3.57. The highest BCUT2D eigenvalue weighted by Crippen LogP contribution is 2.29. The van der Waals surface area contributed by atoms with E-state index in [4.69, 9.17) is 22.3 Å². The monoisotopic (exact) mass is 258 g/mol. The average Bonchev–Trinajstić information content (AvgIpc) is 2.73. The largest absolute Gasteiger partial charge is 0.268 e. The molecule has 1 aromatic heterocycles. The predicted molar refractivity (Wildman–Crippen MR) is 64.5 cm³/mol. The van der Waals surface area contributed by atoms with Crippen molar-refractivity contribution in [3.63, 3.8) is 0 Å². The maximum atomic E-state index is 5.88. The fourth-order valence-electron chi connectivity index (χ4n) is 1.30. The Bertz CT molecular complexity index is 443. The summed E-state index contributed by atoms with van der Waals surface area (Å²) < 4.78 is 1.85. The molecule has 0 N–H and O–H groups in total. The molecule has 0 aliphatic heterocycles.